The van der Waals surface area contributed by atoms with Crippen LogP contribution in [0.4, 0.5) is 11.4 Å². The molecule has 24 heavy (non-hydrogen) atoms. The molecule has 1 fully saturated rings. The van der Waals surface area contributed by atoms with Crippen molar-refractivity contribution in [3.05, 3.63) is 33.9 Å². The lowest BCUT2D eigenvalue weighted by atomic mass is 10.0. The van der Waals surface area contributed by atoms with Gasteiger partial charge in [-0.3, -0.25) is 14.9 Å². The molecule has 2 rings (SSSR count). The molecule has 1 amide bonds. The zero-order chi connectivity index (χ0) is 17.5. The largest absolute Gasteiger partial charge is 0.384 e. The van der Waals surface area contributed by atoms with E-state index >= 15 is 0 Å². The Morgan fingerprint density at radius 2 is 2.21 bits per heavy atom. The van der Waals surface area contributed by atoms with E-state index in [0.717, 1.165) is 12.8 Å². The second-order valence-electron chi connectivity index (χ2n) is 5.64. The van der Waals surface area contributed by atoms with Crippen molar-refractivity contribution in [3.8, 4) is 6.07 Å². The number of nitrogens with zero attached hydrogens (tertiary/aromatic N) is 3. The standard InChI is InChI=1S/C16H20N4O4/c1-24-9-6-16(21)19-7-4-13(5-8-19)18-15-3-2-14(20(22)23)10-12(15)11-17/h2-3,10,13,18H,4-9H2,1H3. The predicted octanol–water partition coefficient (Wildman–Crippen LogP) is 1.91. The number of likely N-dealkylation sites (tertiary alicyclic amines) is 1. The van der Waals surface area contributed by atoms with Crippen LogP contribution in [0.1, 0.15) is 24.8 Å². The van der Waals surface area contributed by atoms with Gasteiger partial charge in [-0.25, -0.2) is 0 Å². The molecule has 1 aromatic rings. The summed E-state index contributed by atoms with van der Waals surface area (Å²) in [6.45, 7) is 1.72. The summed E-state index contributed by atoms with van der Waals surface area (Å²) in [6.07, 6.45) is 1.91. The highest BCUT2D eigenvalue weighted by Crippen LogP contribution is 2.24. The summed E-state index contributed by atoms with van der Waals surface area (Å²) in [5.41, 5.74) is 0.741. The number of hydrogen-bond acceptors (Lipinski definition) is 6. The number of nitrogens with one attached hydrogen (secondary N) is 1. The first-order valence-electron chi connectivity index (χ1n) is 7.77. The molecule has 0 aromatic heterocycles. The number of non-ortho nitro benzene ring substituents is 1. The van der Waals surface area contributed by atoms with Crippen LogP contribution in [0.3, 0.4) is 0 Å². The Bertz CT molecular complexity index is 648. The van der Waals surface area contributed by atoms with Crippen molar-refractivity contribution < 1.29 is 14.5 Å². The number of anilines is 1. The maximum Gasteiger partial charge on any atom is 0.270 e. The molecule has 1 aliphatic rings. The van der Waals surface area contributed by atoms with Gasteiger partial charge in [0.25, 0.3) is 5.69 Å². The number of rotatable bonds is 6. The molecule has 8 heteroatoms. The van der Waals surface area contributed by atoms with E-state index < -0.39 is 4.92 Å². The fraction of sp³-hybridized carbons (Fsp3) is 0.500. The number of methoxy groups -OCH3 is 1. The smallest absolute Gasteiger partial charge is 0.270 e. The van der Waals surface area contributed by atoms with E-state index in [1.165, 1.54) is 12.1 Å². The number of nitriles is 1. The second-order valence-corrected chi connectivity index (χ2v) is 5.64. The van der Waals surface area contributed by atoms with Gasteiger partial charge in [-0.15, -0.1) is 0 Å². The van der Waals surface area contributed by atoms with Gasteiger partial charge in [0, 0.05) is 38.4 Å². The zero-order valence-electron chi connectivity index (χ0n) is 13.5. The number of nitro groups is 1. The third-order valence-electron chi connectivity index (χ3n) is 4.06. The lowest BCUT2D eigenvalue weighted by Crippen LogP contribution is -2.42. The number of benzene rings is 1. The minimum Gasteiger partial charge on any atom is -0.384 e. The van der Waals surface area contributed by atoms with E-state index in [1.807, 2.05) is 11.0 Å². The molecule has 1 N–H and O–H groups in total. The summed E-state index contributed by atoms with van der Waals surface area (Å²) >= 11 is 0. The molecule has 0 atom stereocenters. The van der Waals surface area contributed by atoms with Gasteiger partial charge in [-0.2, -0.15) is 5.26 Å². The minimum absolute atomic E-state index is 0.0864. The van der Waals surface area contributed by atoms with Gasteiger partial charge in [-0.1, -0.05) is 0 Å². The predicted molar refractivity (Wildman–Crippen MR) is 87.5 cm³/mol. The van der Waals surface area contributed by atoms with Crippen molar-refractivity contribution in [2.24, 2.45) is 0 Å². The first-order chi connectivity index (χ1) is 11.5. The Morgan fingerprint density at radius 3 is 2.79 bits per heavy atom. The molecule has 1 heterocycles. The molecule has 1 aliphatic heterocycles. The molecule has 8 nitrogen and oxygen atoms in total. The molecule has 0 radical (unpaired) electrons. The lowest BCUT2D eigenvalue weighted by Gasteiger charge is -2.33. The summed E-state index contributed by atoms with van der Waals surface area (Å²) in [7, 11) is 1.57. The fourth-order valence-corrected chi connectivity index (χ4v) is 2.70. The van der Waals surface area contributed by atoms with Gasteiger partial charge in [0.15, 0.2) is 0 Å². The monoisotopic (exact) mass is 332 g/mol. The molecule has 1 saturated heterocycles. The first kappa shape index (κ1) is 17.7. The zero-order valence-corrected chi connectivity index (χ0v) is 13.5. The van der Waals surface area contributed by atoms with Crippen LogP contribution in [-0.2, 0) is 9.53 Å². The Morgan fingerprint density at radius 1 is 1.50 bits per heavy atom. The molecule has 0 saturated carbocycles. The van der Waals surface area contributed by atoms with E-state index in [0.29, 0.717) is 31.8 Å². The Labute approximate surface area is 140 Å². The Kier molecular flexibility index (Phi) is 6.09. The van der Waals surface area contributed by atoms with Crippen molar-refractivity contribution in [3.63, 3.8) is 0 Å². The number of carbonyl (C=O) groups is 1. The van der Waals surface area contributed by atoms with Crippen LogP contribution in [0.25, 0.3) is 0 Å². The van der Waals surface area contributed by atoms with Crippen LogP contribution >= 0.6 is 0 Å². The van der Waals surface area contributed by atoms with Crippen LogP contribution in [-0.4, -0.2) is 48.6 Å². The van der Waals surface area contributed by atoms with Crippen molar-refractivity contribution in [2.75, 3.05) is 32.1 Å². The second kappa shape index (κ2) is 8.26. The lowest BCUT2D eigenvalue weighted by molar-refractivity contribution is -0.384. The molecule has 0 unspecified atom stereocenters. The number of amides is 1. The summed E-state index contributed by atoms with van der Waals surface area (Å²) in [6, 6.07) is 6.33. The number of ether oxygens (including phenoxy) is 1. The van der Waals surface area contributed by atoms with Crippen LogP contribution in [0.15, 0.2) is 18.2 Å². The van der Waals surface area contributed by atoms with Crippen molar-refractivity contribution >= 4 is 17.3 Å². The quantitative estimate of drug-likeness (QED) is 0.629. The summed E-state index contributed by atoms with van der Waals surface area (Å²) in [4.78, 5) is 24.0. The average molecular weight is 332 g/mol. The van der Waals surface area contributed by atoms with E-state index in [1.54, 1.807) is 13.2 Å². The third-order valence-corrected chi connectivity index (χ3v) is 4.06. The molecule has 1 aromatic carbocycles. The SMILES string of the molecule is COCCC(=O)N1CCC(Nc2ccc([N+](=O)[O-])cc2C#N)CC1. The summed E-state index contributed by atoms with van der Waals surface area (Å²) in [5, 5.41) is 23.2. The number of piperidine rings is 1. The Hall–Kier alpha value is -2.66. The van der Waals surface area contributed by atoms with Crippen molar-refractivity contribution in [2.45, 2.75) is 25.3 Å². The molecule has 0 aliphatic carbocycles. The Balaban J connectivity index is 1.93. The number of carbonyl (C=O) groups excluding carboxylic acids is 1. The summed E-state index contributed by atoms with van der Waals surface area (Å²) in [5.74, 6) is 0.0864. The number of nitro benzene ring substituents is 1. The van der Waals surface area contributed by atoms with Gasteiger partial charge < -0.3 is 15.0 Å². The molecule has 0 spiro atoms. The third kappa shape index (κ3) is 4.43. The summed E-state index contributed by atoms with van der Waals surface area (Å²) < 4.78 is 4.92. The highest BCUT2D eigenvalue weighted by atomic mass is 16.6. The molecule has 128 valence electrons. The maximum absolute atomic E-state index is 11.9. The highest BCUT2D eigenvalue weighted by Gasteiger charge is 2.23. The van der Waals surface area contributed by atoms with E-state index in [4.69, 9.17) is 4.74 Å². The van der Waals surface area contributed by atoms with Crippen LogP contribution in [0.2, 0.25) is 0 Å². The minimum atomic E-state index is -0.519. The van der Waals surface area contributed by atoms with Crippen LogP contribution in [0.5, 0.6) is 0 Å². The maximum atomic E-state index is 11.9. The molecular formula is C16H20N4O4. The van der Waals surface area contributed by atoms with Gasteiger partial charge in [0.1, 0.15) is 6.07 Å². The van der Waals surface area contributed by atoms with E-state index in [9.17, 15) is 20.2 Å². The van der Waals surface area contributed by atoms with Crippen LogP contribution < -0.4 is 5.32 Å². The molecule has 0 bridgehead atoms. The first-order valence-corrected chi connectivity index (χ1v) is 7.77. The van der Waals surface area contributed by atoms with Gasteiger partial charge in [0.05, 0.1) is 29.2 Å². The van der Waals surface area contributed by atoms with E-state index in [-0.39, 0.29) is 23.2 Å². The topological polar surface area (TPSA) is 108 Å². The van der Waals surface area contributed by atoms with Gasteiger partial charge >= 0.3 is 0 Å². The molecular weight excluding hydrogens is 312 g/mol. The number of hydrogen-bond donors (Lipinski definition) is 1. The average Bonchev–Trinajstić information content (AvgIpc) is 2.60. The van der Waals surface area contributed by atoms with Crippen molar-refractivity contribution in [1.82, 2.24) is 4.90 Å². The van der Waals surface area contributed by atoms with Gasteiger partial charge in [-0.05, 0) is 18.9 Å². The van der Waals surface area contributed by atoms with Crippen molar-refractivity contribution in [1.29, 1.82) is 5.26 Å². The normalized spacial score (nSPS) is 14.9. The van der Waals surface area contributed by atoms with Crippen LogP contribution in [0, 0.1) is 21.4 Å². The fourth-order valence-electron chi connectivity index (χ4n) is 2.70. The highest BCUT2D eigenvalue weighted by molar-refractivity contribution is 5.76. The van der Waals surface area contributed by atoms with E-state index in [2.05, 4.69) is 5.32 Å². The van der Waals surface area contributed by atoms with Gasteiger partial charge in [0.2, 0.25) is 5.91 Å².